The van der Waals surface area contributed by atoms with E-state index in [0.29, 0.717) is 13.1 Å². The highest BCUT2D eigenvalue weighted by Crippen LogP contribution is 2.39. The van der Waals surface area contributed by atoms with Crippen molar-refractivity contribution >= 4 is 39.5 Å². The number of aryl methyl sites for hydroxylation is 1. The number of hydrogen-bond donors (Lipinski definition) is 1. The monoisotopic (exact) mass is 438 g/mol. The van der Waals surface area contributed by atoms with Crippen LogP contribution in [0.15, 0.2) is 35.3 Å². The van der Waals surface area contributed by atoms with E-state index in [9.17, 15) is 4.79 Å². The summed E-state index contributed by atoms with van der Waals surface area (Å²) < 4.78 is 0. The molecule has 1 aromatic carbocycles. The average molecular weight is 439 g/mol. The number of hydroxylamine groups is 2. The molecule has 3 aliphatic rings. The fourth-order valence-corrected chi connectivity index (χ4v) is 5.66. The van der Waals surface area contributed by atoms with Crippen LogP contribution >= 0.6 is 11.3 Å². The molecule has 6 nitrogen and oxygen atoms in total. The molecule has 164 valence electrons. The number of para-hydroxylation sites is 2. The number of nitrogens with one attached hydrogen (secondary N) is 1. The molecule has 31 heavy (non-hydrogen) atoms. The lowest BCUT2D eigenvalue weighted by molar-refractivity contribution is -0.208. The molecule has 1 saturated carbocycles. The van der Waals surface area contributed by atoms with Gasteiger partial charge in [-0.2, -0.15) is 0 Å². The Kier molecular flexibility index (Phi) is 5.48. The van der Waals surface area contributed by atoms with Crippen molar-refractivity contribution in [2.45, 2.75) is 46.0 Å². The number of piperazine rings is 1. The first-order valence-corrected chi connectivity index (χ1v) is 12.1. The van der Waals surface area contributed by atoms with Crippen LogP contribution in [0.2, 0.25) is 0 Å². The first-order chi connectivity index (χ1) is 15.0. The quantitative estimate of drug-likeness (QED) is 0.695. The Bertz CT molecular complexity index is 1000. The number of fused-ring (bicyclic) bond motifs is 2. The first-order valence-electron chi connectivity index (χ1n) is 11.3. The molecular formula is C24H30N4O2S. The van der Waals surface area contributed by atoms with E-state index in [-0.39, 0.29) is 11.4 Å². The summed E-state index contributed by atoms with van der Waals surface area (Å²) in [5, 5.41) is 6.55. The van der Waals surface area contributed by atoms with E-state index in [4.69, 9.17) is 9.83 Å². The average Bonchev–Trinajstić information content (AvgIpc) is 3.06. The van der Waals surface area contributed by atoms with Crippen LogP contribution in [0.1, 0.15) is 49.5 Å². The molecule has 5 rings (SSSR count). The van der Waals surface area contributed by atoms with Gasteiger partial charge in [-0.3, -0.25) is 0 Å². The molecule has 0 amide bonds. The third-order valence-electron chi connectivity index (χ3n) is 6.67. The Labute approximate surface area is 187 Å². The van der Waals surface area contributed by atoms with Crippen molar-refractivity contribution in [1.29, 1.82) is 0 Å². The van der Waals surface area contributed by atoms with Gasteiger partial charge in [-0.25, -0.2) is 9.79 Å². The molecule has 0 radical (unpaired) electrons. The fraction of sp³-hybridized carbons (Fsp3) is 0.500. The Morgan fingerprint density at radius 1 is 1.13 bits per heavy atom. The first kappa shape index (κ1) is 20.5. The van der Waals surface area contributed by atoms with Crippen LogP contribution in [0.25, 0.3) is 0 Å². The van der Waals surface area contributed by atoms with E-state index in [1.165, 1.54) is 11.3 Å². The van der Waals surface area contributed by atoms with Crippen molar-refractivity contribution in [2.24, 2.45) is 10.4 Å². The molecule has 7 heteroatoms. The van der Waals surface area contributed by atoms with E-state index in [2.05, 4.69) is 42.3 Å². The lowest BCUT2D eigenvalue weighted by Crippen LogP contribution is -2.50. The van der Waals surface area contributed by atoms with Crippen molar-refractivity contribution in [3.05, 3.63) is 40.8 Å². The summed E-state index contributed by atoms with van der Waals surface area (Å²) in [6.07, 6.45) is 5.35. The van der Waals surface area contributed by atoms with Crippen molar-refractivity contribution < 1.29 is 9.63 Å². The van der Waals surface area contributed by atoms with Gasteiger partial charge in [0.15, 0.2) is 0 Å². The number of anilines is 2. The Morgan fingerprint density at radius 3 is 2.65 bits per heavy atom. The van der Waals surface area contributed by atoms with E-state index >= 15 is 0 Å². The Hall–Kier alpha value is -2.38. The zero-order chi connectivity index (χ0) is 21.4. The smallest absolute Gasteiger partial charge is 0.330 e. The second-order valence-corrected chi connectivity index (χ2v) is 10.3. The van der Waals surface area contributed by atoms with Gasteiger partial charge in [0.2, 0.25) is 0 Å². The zero-order valence-corrected chi connectivity index (χ0v) is 19.1. The molecule has 0 spiro atoms. The lowest BCUT2D eigenvalue weighted by Gasteiger charge is -2.37. The molecule has 3 heterocycles. The van der Waals surface area contributed by atoms with E-state index in [1.807, 2.05) is 17.2 Å². The van der Waals surface area contributed by atoms with Crippen LogP contribution in [0, 0.1) is 12.3 Å². The molecule has 0 bridgehead atoms. The van der Waals surface area contributed by atoms with E-state index < -0.39 is 0 Å². The van der Waals surface area contributed by atoms with Gasteiger partial charge in [0.1, 0.15) is 10.8 Å². The van der Waals surface area contributed by atoms with Gasteiger partial charge in [0.05, 0.1) is 35.4 Å². The molecule has 2 aliphatic heterocycles. The third-order valence-corrected chi connectivity index (χ3v) is 7.64. The minimum atomic E-state index is -0.320. The number of nitrogens with zero attached hydrogens (tertiary/aromatic N) is 3. The number of carbonyl (C=O) groups excluding carboxylic acids is 1. The summed E-state index contributed by atoms with van der Waals surface area (Å²) in [4.78, 5) is 27.3. The number of carbonyl (C=O) groups is 1. The standard InChI is InChI=1S/C24H30N4O2S/c1-17-16-18-21(25-19-8-4-5-9-20(19)26-22(18)31-17)27-12-14-28(15-13-27)30-23(29)24(2)10-6-3-7-11-24/h4-5,8-9,16,26H,3,6-7,10-15H2,1-2H3. The van der Waals surface area contributed by atoms with E-state index in [0.717, 1.165) is 66.5 Å². The summed E-state index contributed by atoms with van der Waals surface area (Å²) >= 11 is 1.76. The molecule has 0 unspecified atom stereocenters. The Balaban J connectivity index is 1.31. The molecule has 1 N–H and O–H groups in total. The maximum atomic E-state index is 12.8. The summed E-state index contributed by atoms with van der Waals surface area (Å²) in [5.41, 5.74) is 2.82. The molecule has 1 aliphatic carbocycles. The highest BCUT2D eigenvalue weighted by molar-refractivity contribution is 7.16. The predicted octanol–water partition coefficient (Wildman–Crippen LogP) is 5.24. The number of benzene rings is 1. The fourth-order valence-electron chi connectivity index (χ4n) is 4.74. The normalized spacial score (nSPS) is 20.7. The molecule has 0 atom stereocenters. The molecule has 1 aromatic heterocycles. The van der Waals surface area contributed by atoms with Gasteiger partial charge in [-0.15, -0.1) is 16.4 Å². The molecule has 2 aromatic rings. The van der Waals surface area contributed by atoms with Crippen molar-refractivity contribution in [1.82, 2.24) is 9.96 Å². The number of amidine groups is 1. The maximum absolute atomic E-state index is 12.8. The van der Waals surface area contributed by atoms with Crippen molar-refractivity contribution in [3.63, 3.8) is 0 Å². The largest absolute Gasteiger partial charge is 0.367 e. The van der Waals surface area contributed by atoms with Gasteiger partial charge < -0.3 is 15.1 Å². The summed E-state index contributed by atoms with van der Waals surface area (Å²) in [6, 6.07) is 10.4. The van der Waals surface area contributed by atoms with Crippen LogP contribution in [-0.4, -0.2) is 47.9 Å². The minimum absolute atomic E-state index is 0.0543. The number of aliphatic imine (C=N–C) groups is 1. The molecular weight excluding hydrogens is 408 g/mol. The highest BCUT2D eigenvalue weighted by Gasteiger charge is 2.38. The predicted molar refractivity (Wildman–Crippen MR) is 125 cm³/mol. The highest BCUT2D eigenvalue weighted by atomic mass is 32.1. The maximum Gasteiger partial charge on any atom is 0.330 e. The Morgan fingerprint density at radius 2 is 1.87 bits per heavy atom. The van der Waals surface area contributed by atoms with E-state index in [1.54, 1.807) is 11.3 Å². The third kappa shape index (κ3) is 4.08. The number of hydrogen-bond acceptors (Lipinski definition) is 7. The molecule has 1 saturated heterocycles. The second kappa shape index (κ2) is 8.28. The van der Waals surface area contributed by atoms with Gasteiger partial charge in [0.25, 0.3) is 0 Å². The molecule has 2 fully saturated rings. The SMILES string of the molecule is Cc1cc2c(s1)Nc1ccccc1N=C2N1CCN(OC(=O)C2(C)CCCCC2)CC1. The lowest BCUT2D eigenvalue weighted by atomic mass is 9.76. The second-order valence-electron chi connectivity index (χ2n) is 9.09. The number of rotatable bonds is 2. The van der Waals surface area contributed by atoms with Crippen molar-refractivity contribution in [2.75, 3.05) is 31.5 Å². The zero-order valence-electron chi connectivity index (χ0n) is 18.3. The van der Waals surface area contributed by atoms with Crippen LogP contribution in [0.4, 0.5) is 16.4 Å². The van der Waals surface area contributed by atoms with Crippen LogP contribution < -0.4 is 5.32 Å². The topological polar surface area (TPSA) is 57.2 Å². The van der Waals surface area contributed by atoms with Gasteiger partial charge >= 0.3 is 5.97 Å². The minimum Gasteiger partial charge on any atom is -0.367 e. The summed E-state index contributed by atoms with van der Waals surface area (Å²) in [7, 11) is 0. The van der Waals surface area contributed by atoms with Gasteiger partial charge in [-0.05, 0) is 44.9 Å². The van der Waals surface area contributed by atoms with Gasteiger partial charge in [0, 0.05) is 18.0 Å². The van der Waals surface area contributed by atoms with Crippen LogP contribution in [-0.2, 0) is 9.63 Å². The summed E-state index contributed by atoms with van der Waals surface area (Å²) in [5.74, 6) is 0.948. The van der Waals surface area contributed by atoms with Crippen molar-refractivity contribution in [3.8, 4) is 0 Å². The van der Waals surface area contributed by atoms with Gasteiger partial charge in [-0.1, -0.05) is 31.4 Å². The summed E-state index contributed by atoms with van der Waals surface area (Å²) in [6.45, 7) is 7.13. The number of thiophene rings is 1. The van der Waals surface area contributed by atoms with Crippen LogP contribution in [0.3, 0.4) is 0 Å². The van der Waals surface area contributed by atoms with Crippen LogP contribution in [0.5, 0.6) is 0 Å².